The van der Waals surface area contributed by atoms with Crippen molar-refractivity contribution in [3.63, 3.8) is 0 Å². The standard InChI is InChI=1S/C12H15N5O2/c13-10-9-11(15-4-14-10)17(5-16-9)7-1-8(19)12(3-18)2-6(7)12/h4-8,18-19H,1-3H2,(H2,13,14,15)/t6-,7+,8+,12+/m1/s1. The summed E-state index contributed by atoms with van der Waals surface area (Å²) < 4.78 is 1.96. The Morgan fingerprint density at radius 3 is 2.95 bits per heavy atom. The van der Waals surface area contributed by atoms with Gasteiger partial charge in [-0.2, -0.15) is 0 Å². The third-order valence-electron chi connectivity index (χ3n) is 4.81. The fourth-order valence-electron chi connectivity index (χ4n) is 3.59. The molecule has 2 aliphatic rings. The number of aliphatic hydroxyl groups excluding tert-OH is 2. The first-order valence-electron chi connectivity index (χ1n) is 6.39. The van der Waals surface area contributed by atoms with Gasteiger partial charge in [-0.05, 0) is 18.8 Å². The average molecular weight is 261 g/mol. The molecule has 0 amide bonds. The van der Waals surface area contributed by atoms with Crippen molar-refractivity contribution >= 4 is 17.0 Å². The van der Waals surface area contributed by atoms with Crippen LogP contribution in [0.4, 0.5) is 5.82 Å². The zero-order valence-corrected chi connectivity index (χ0v) is 10.3. The zero-order chi connectivity index (χ0) is 13.2. The van der Waals surface area contributed by atoms with E-state index in [0.29, 0.717) is 29.3 Å². The van der Waals surface area contributed by atoms with E-state index in [1.165, 1.54) is 6.33 Å². The number of anilines is 1. The average Bonchev–Trinajstić information content (AvgIpc) is 2.89. The highest BCUT2D eigenvalue weighted by molar-refractivity contribution is 5.81. The Kier molecular flexibility index (Phi) is 2.01. The minimum Gasteiger partial charge on any atom is -0.396 e. The van der Waals surface area contributed by atoms with Crippen LogP contribution in [-0.4, -0.2) is 42.4 Å². The minimum absolute atomic E-state index is 0.0408. The second-order valence-corrected chi connectivity index (χ2v) is 5.60. The lowest BCUT2D eigenvalue weighted by Crippen LogP contribution is -2.22. The lowest BCUT2D eigenvalue weighted by atomic mass is 10.0. The summed E-state index contributed by atoms with van der Waals surface area (Å²) in [5.74, 6) is 0.660. The first kappa shape index (κ1) is 11.1. The molecule has 2 fully saturated rings. The summed E-state index contributed by atoms with van der Waals surface area (Å²) in [6.07, 6.45) is 4.16. The van der Waals surface area contributed by atoms with Crippen LogP contribution in [0.2, 0.25) is 0 Å². The third kappa shape index (κ3) is 1.26. The maximum absolute atomic E-state index is 10.1. The SMILES string of the molecule is Nc1ncnc2c1ncn2[C@H]1C[C@H](O)[C@]2(CO)C[C@H]12. The molecule has 19 heavy (non-hydrogen) atoms. The van der Waals surface area contributed by atoms with Gasteiger partial charge in [0.05, 0.1) is 19.0 Å². The van der Waals surface area contributed by atoms with Crippen molar-refractivity contribution < 1.29 is 10.2 Å². The van der Waals surface area contributed by atoms with E-state index in [1.807, 2.05) is 4.57 Å². The van der Waals surface area contributed by atoms with Gasteiger partial charge in [0.2, 0.25) is 0 Å². The number of fused-ring (bicyclic) bond motifs is 2. The second kappa shape index (κ2) is 3.43. The first-order chi connectivity index (χ1) is 9.17. The van der Waals surface area contributed by atoms with E-state index in [2.05, 4.69) is 15.0 Å². The van der Waals surface area contributed by atoms with E-state index in [1.54, 1.807) is 6.33 Å². The summed E-state index contributed by atoms with van der Waals surface area (Å²) in [7, 11) is 0. The predicted molar refractivity (Wildman–Crippen MR) is 67.0 cm³/mol. The molecule has 7 heteroatoms. The van der Waals surface area contributed by atoms with Crippen molar-refractivity contribution in [1.29, 1.82) is 0 Å². The van der Waals surface area contributed by atoms with Gasteiger partial charge in [0.1, 0.15) is 11.8 Å². The molecule has 0 radical (unpaired) electrons. The molecular weight excluding hydrogens is 246 g/mol. The van der Waals surface area contributed by atoms with Crippen molar-refractivity contribution in [2.45, 2.75) is 25.0 Å². The van der Waals surface area contributed by atoms with Crippen LogP contribution in [-0.2, 0) is 0 Å². The lowest BCUT2D eigenvalue weighted by molar-refractivity contribution is 0.0600. The van der Waals surface area contributed by atoms with Crippen LogP contribution in [0, 0.1) is 11.3 Å². The number of imidazole rings is 1. The Morgan fingerprint density at radius 2 is 2.26 bits per heavy atom. The Labute approximate surface area is 109 Å². The number of aromatic nitrogens is 4. The maximum atomic E-state index is 10.1. The van der Waals surface area contributed by atoms with Crippen LogP contribution < -0.4 is 5.73 Å². The van der Waals surface area contributed by atoms with Gasteiger partial charge in [0, 0.05) is 11.5 Å². The quantitative estimate of drug-likeness (QED) is 0.685. The van der Waals surface area contributed by atoms with Crippen molar-refractivity contribution in [1.82, 2.24) is 19.5 Å². The van der Waals surface area contributed by atoms with Crippen molar-refractivity contribution in [2.75, 3.05) is 12.3 Å². The highest BCUT2D eigenvalue weighted by Crippen LogP contribution is 2.67. The lowest BCUT2D eigenvalue weighted by Gasteiger charge is -2.16. The van der Waals surface area contributed by atoms with Gasteiger partial charge in [-0.25, -0.2) is 15.0 Å². The molecule has 4 atom stereocenters. The maximum Gasteiger partial charge on any atom is 0.165 e. The Hall–Kier alpha value is -1.73. The van der Waals surface area contributed by atoms with Crippen molar-refractivity contribution in [3.05, 3.63) is 12.7 Å². The van der Waals surface area contributed by atoms with Crippen molar-refractivity contribution in [3.8, 4) is 0 Å². The molecule has 0 aliphatic heterocycles. The molecule has 4 N–H and O–H groups in total. The molecule has 0 unspecified atom stereocenters. The minimum atomic E-state index is -0.455. The van der Waals surface area contributed by atoms with Gasteiger partial charge >= 0.3 is 0 Å². The van der Waals surface area contributed by atoms with Gasteiger partial charge in [0.15, 0.2) is 11.5 Å². The van der Waals surface area contributed by atoms with E-state index < -0.39 is 6.10 Å². The van der Waals surface area contributed by atoms with Crippen LogP contribution in [0.15, 0.2) is 12.7 Å². The van der Waals surface area contributed by atoms with Crippen LogP contribution in [0.1, 0.15) is 18.9 Å². The summed E-state index contributed by atoms with van der Waals surface area (Å²) in [4.78, 5) is 12.4. The third-order valence-corrected chi connectivity index (χ3v) is 4.81. The van der Waals surface area contributed by atoms with E-state index in [0.717, 1.165) is 6.42 Å². The zero-order valence-electron chi connectivity index (χ0n) is 10.3. The first-order valence-corrected chi connectivity index (χ1v) is 6.39. The molecule has 0 aromatic carbocycles. The molecule has 0 spiro atoms. The molecule has 2 aromatic heterocycles. The Balaban J connectivity index is 1.79. The number of hydrogen-bond donors (Lipinski definition) is 3. The summed E-state index contributed by atoms with van der Waals surface area (Å²) in [5, 5.41) is 19.6. The van der Waals surface area contributed by atoms with Gasteiger partial charge in [-0.1, -0.05) is 0 Å². The Bertz CT molecular complexity index is 657. The smallest absolute Gasteiger partial charge is 0.165 e. The molecule has 100 valence electrons. The molecule has 7 nitrogen and oxygen atoms in total. The Morgan fingerprint density at radius 1 is 1.42 bits per heavy atom. The second-order valence-electron chi connectivity index (χ2n) is 5.60. The summed E-state index contributed by atoms with van der Waals surface area (Å²) >= 11 is 0. The molecule has 2 aliphatic carbocycles. The number of rotatable bonds is 2. The number of nitrogens with zero attached hydrogens (tertiary/aromatic N) is 4. The fourth-order valence-corrected chi connectivity index (χ4v) is 3.59. The van der Waals surface area contributed by atoms with Gasteiger partial charge in [-0.15, -0.1) is 0 Å². The molecule has 4 rings (SSSR count). The predicted octanol–water partition coefficient (Wildman–Crippen LogP) is -0.287. The summed E-state index contributed by atoms with van der Waals surface area (Å²) in [6, 6.07) is 0.126. The molecule has 2 aromatic rings. The molecule has 0 bridgehead atoms. The van der Waals surface area contributed by atoms with Gasteiger partial charge in [0.25, 0.3) is 0 Å². The van der Waals surface area contributed by atoms with E-state index in [4.69, 9.17) is 5.73 Å². The molecule has 2 heterocycles. The molecule has 0 saturated heterocycles. The largest absolute Gasteiger partial charge is 0.396 e. The topological polar surface area (TPSA) is 110 Å². The highest BCUT2D eigenvalue weighted by Gasteiger charge is 2.67. The van der Waals surface area contributed by atoms with Gasteiger partial charge < -0.3 is 20.5 Å². The highest BCUT2D eigenvalue weighted by atomic mass is 16.3. The van der Waals surface area contributed by atoms with Crippen LogP contribution in [0.3, 0.4) is 0 Å². The number of nitrogens with two attached hydrogens (primary N) is 1. The number of hydrogen-bond acceptors (Lipinski definition) is 6. The fraction of sp³-hybridized carbons (Fsp3) is 0.583. The van der Waals surface area contributed by atoms with E-state index in [9.17, 15) is 10.2 Å². The number of aliphatic hydroxyl groups is 2. The van der Waals surface area contributed by atoms with Crippen LogP contribution >= 0.6 is 0 Å². The number of nitrogen functional groups attached to an aromatic ring is 1. The summed E-state index contributed by atoms with van der Waals surface area (Å²) in [6.45, 7) is 0.0408. The van der Waals surface area contributed by atoms with E-state index >= 15 is 0 Å². The van der Waals surface area contributed by atoms with E-state index in [-0.39, 0.29) is 18.1 Å². The van der Waals surface area contributed by atoms with Gasteiger partial charge in [-0.3, -0.25) is 0 Å². The molecule has 2 saturated carbocycles. The summed E-state index contributed by atoms with van der Waals surface area (Å²) in [5.41, 5.74) is 6.77. The van der Waals surface area contributed by atoms with Crippen molar-refractivity contribution in [2.24, 2.45) is 11.3 Å². The van der Waals surface area contributed by atoms with Crippen LogP contribution in [0.25, 0.3) is 11.2 Å². The molecular formula is C12H15N5O2. The monoisotopic (exact) mass is 261 g/mol. The van der Waals surface area contributed by atoms with Crippen LogP contribution in [0.5, 0.6) is 0 Å². The normalized spacial score (nSPS) is 36.6.